The van der Waals surface area contributed by atoms with E-state index in [2.05, 4.69) is 22.5 Å². The van der Waals surface area contributed by atoms with Crippen LogP contribution < -0.4 is 10.6 Å². The third kappa shape index (κ3) is 5.38. The van der Waals surface area contributed by atoms with E-state index in [1.165, 1.54) is 13.8 Å². The van der Waals surface area contributed by atoms with Crippen LogP contribution in [0.4, 0.5) is 4.39 Å². The molecule has 3 N–H and O–H groups in total. The van der Waals surface area contributed by atoms with Crippen LogP contribution in [0.15, 0.2) is 0 Å². The summed E-state index contributed by atoms with van der Waals surface area (Å²) in [6.07, 6.45) is 6.31. The predicted octanol–water partition coefficient (Wildman–Crippen LogP) is 1.83. The number of carbonyl (C=O) groups is 2. The summed E-state index contributed by atoms with van der Waals surface area (Å²) in [6.45, 7) is 6.99. The number of nitrogens with zero attached hydrogens (tertiary/aromatic N) is 2. The molecule has 8 atom stereocenters. The molecule has 0 aromatic rings. The number of aliphatic hydroxyl groups is 1. The average molecular weight is 467 g/mol. The molecule has 4 aliphatic rings. The van der Waals surface area contributed by atoms with E-state index in [1.54, 1.807) is 11.9 Å². The van der Waals surface area contributed by atoms with Gasteiger partial charge in [0, 0.05) is 50.2 Å². The van der Waals surface area contributed by atoms with Gasteiger partial charge in [-0.05, 0) is 71.1 Å². The quantitative estimate of drug-likeness (QED) is 0.576. The molecule has 5 unspecified atom stereocenters. The summed E-state index contributed by atoms with van der Waals surface area (Å²) < 4.78 is 14.4. The highest BCUT2D eigenvalue weighted by Crippen LogP contribution is 2.38. The van der Waals surface area contributed by atoms with Crippen LogP contribution >= 0.6 is 0 Å². The summed E-state index contributed by atoms with van der Waals surface area (Å²) in [7, 11) is 1.79. The van der Waals surface area contributed by atoms with Crippen LogP contribution in [0.3, 0.4) is 0 Å². The Kier molecular flexibility index (Phi) is 7.37. The molecule has 2 saturated heterocycles. The maximum Gasteiger partial charge on any atom is 0.253 e. The number of nitrogens with one attached hydrogen (secondary N) is 2. The maximum absolute atomic E-state index is 14.4. The van der Waals surface area contributed by atoms with Crippen molar-refractivity contribution in [3.63, 3.8) is 0 Å². The summed E-state index contributed by atoms with van der Waals surface area (Å²) >= 11 is 0. The van der Waals surface area contributed by atoms with Gasteiger partial charge in [0.1, 0.15) is 11.8 Å². The first kappa shape index (κ1) is 24.9. The van der Waals surface area contributed by atoms with Crippen molar-refractivity contribution in [1.82, 2.24) is 20.4 Å². The normalized spacial score (nSPS) is 39.8. The molecule has 2 aliphatic carbocycles. The van der Waals surface area contributed by atoms with Crippen molar-refractivity contribution >= 4 is 11.8 Å². The zero-order chi connectivity index (χ0) is 23.9. The van der Waals surface area contributed by atoms with Crippen molar-refractivity contribution < 1.29 is 19.1 Å². The Morgan fingerprint density at radius 1 is 1.15 bits per heavy atom. The van der Waals surface area contributed by atoms with Gasteiger partial charge < -0.3 is 20.6 Å². The van der Waals surface area contributed by atoms with Crippen LogP contribution in [0.5, 0.6) is 0 Å². The highest BCUT2D eigenvalue weighted by Gasteiger charge is 2.46. The molecule has 0 bridgehead atoms. The van der Waals surface area contributed by atoms with Gasteiger partial charge in [-0.2, -0.15) is 0 Å². The summed E-state index contributed by atoms with van der Waals surface area (Å²) in [4.78, 5) is 29.6. The first-order valence-corrected chi connectivity index (χ1v) is 13.0. The third-order valence-electron chi connectivity index (χ3n) is 8.75. The minimum atomic E-state index is -1.35. The number of alkyl halides is 1. The SMILES string of the molecule is CC1CCC(F)C2CC(C(=O)N[C@@H]3CCC[C@@H](N4CC[C@@H](N(C)C(=O)C(C)(C)O)C4)C3)NC12. The summed E-state index contributed by atoms with van der Waals surface area (Å²) in [5.74, 6) is 0.180. The standard InChI is InChI=1S/C25H43FN4O3/c1-15-8-9-20(26)19-13-21(28-22(15)19)23(31)27-16-6-5-7-17(12-16)30-11-10-18(14-30)29(4)24(32)25(2,3)33/h15-22,28,33H,5-14H2,1-4H3,(H,27,31)/t15?,16-,17-,18-,19?,20?,21?,22?/m1/s1. The van der Waals surface area contributed by atoms with Crippen molar-refractivity contribution in [2.45, 2.75) is 114 Å². The topological polar surface area (TPSA) is 84.9 Å². The number of hydrogen-bond acceptors (Lipinski definition) is 5. The number of hydrogen-bond donors (Lipinski definition) is 3. The highest BCUT2D eigenvalue weighted by molar-refractivity contribution is 5.84. The number of likely N-dealkylation sites (N-methyl/N-ethyl adjacent to an activating group) is 1. The number of fused-ring (bicyclic) bond motifs is 1. The van der Waals surface area contributed by atoms with Gasteiger partial charge in [0.15, 0.2) is 0 Å². The smallest absolute Gasteiger partial charge is 0.253 e. The molecule has 0 aromatic carbocycles. The van der Waals surface area contributed by atoms with E-state index in [0.717, 1.165) is 51.6 Å². The Balaban J connectivity index is 1.28. The largest absolute Gasteiger partial charge is 0.381 e. The van der Waals surface area contributed by atoms with Crippen molar-refractivity contribution in [2.24, 2.45) is 11.8 Å². The molecule has 2 amide bonds. The molecule has 2 aliphatic heterocycles. The lowest BCUT2D eigenvalue weighted by molar-refractivity contribution is -0.148. The fraction of sp³-hybridized carbons (Fsp3) is 0.920. The van der Waals surface area contributed by atoms with E-state index >= 15 is 0 Å². The Hall–Kier alpha value is -1.25. The van der Waals surface area contributed by atoms with Crippen LogP contribution in [-0.2, 0) is 9.59 Å². The van der Waals surface area contributed by atoms with E-state index in [0.29, 0.717) is 24.8 Å². The number of likely N-dealkylation sites (tertiary alicyclic amines) is 1. The van der Waals surface area contributed by atoms with Gasteiger partial charge in [-0.3, -0.25) is 14.5 Å². The maximum atomic E-state index is 14.4. The van der Waals surface area contributed by atoms with Gasteiger partial charge in [0.25, 0.3) is 5.91 Å². The van der Waals surface area contributed by atoms with Gasteiger partial charge >= 0.3 is 0 Å². The van der Waals surface area contributed by atoms with E-state index in [1.807, 2.05) is 0 Å². The van der Waals surface area contributed by atoms with E-state index in [4.69, 9.17) is 0 Å². The highest BCUT2D eigenvalue weighted by atomic mass is 19.1. The number of halogens is 1. The van der Waals surface area contributed by atoms with Crippen LogP contribution in [0, 0.1) is 11.8 Å². The molecule has 7 nitrogen and oxygen atoms in total. The molecule has 0 radical (unpaired) electrons. The van der Waals surface area contributed by atoms with Gasteiger partial charge in [0.05, 0.1) is 6.04 Å². The van der Waals surface area contributed by atoms with Crippen LogP contribution in [0.2, 0.25) is 0 Å². The molecule has 33 heavy (non-hydrogen) atoms. The lowest BCUT2D eigenvalue weighted by atomic mass is 9.77. The Morgan fingerprint density at radius 2 is 1.91 bits per heavy atom. The lowest BCUT2D eigenvalue weighted by Gasteiger charge is -2.37. The van der Waals surface area contributed by atoms with E-state index < -0.39 is 11.8 Å². The first-order chi connectivity index (χ1) is 15.5. The molecule has 4 fully saturated rings. The zero-order valence-corrected chi connectivity index (χ0v) is 20.7. The lowest BCUT2D eigenvalue weighted by Crippen LogP contribution is -2.52. The number of rotatable bonds is 5. The van der Waals surface area contributed by atoms with Crippen LogP contribution in [-0.4, -0.2) is 88.8 Å². The zero-order valence-electron chi connectivity index (χ0n) is 20.7. The van der Waals surface area contributed by atoms with Gasteiger partial charge in [-0.1, -0.05) is 6.92 Å². The molecule has 0 aromatic heterocycles. The van der Waals surface area contributed by atoms with Gasteiger partial charge in [0.2, 0.25) is 5.91 Å². The number of amides is 2. The third-order valence-corrected chi connectivity index (χ3v) is 8.75. The summed E-state index contributed by atoms with van der Waals surface area (Å²) in [5.41, 5.74) is -1.35. The fourth-order valence-electron chi connectivity index (χ4n) is 6.74. The van der Waals surface area contributed by atoms with Gasteiger partial charge in [-0.15, -0.1) is 0 Å². The van der Waals surface area contributed by atoms with Gasteiger partial charge in [-0.25, -0.2) is 4.39 Å². The molecule has 188 valence electrons. The molecule has 4 rings (SSSR count). The van der Waals surface area contributed by atoms with Crippen LogP contribution in [0.1, 0.15) is 72.1 Å². The molecular weight excluding hydrogens is 423 g/mol. The molecule has 0 spiro atoms. The minimum Gasteiger partial charge on any atom is -0.381 e. The summed E-state index contributed by atoms with van der Waals surface area (Å²) in [5, 5.41) is 16.8. The van der Waals surface area contributed by atoms with Crippen molar-refractivity contribution in [2.75, 3.05) is 20.1 Å². The molecule has 2 saturated carbocycles. The Labute approximate surface area is 197 Å². The van der Waals surface area contributed by atoms with E-state index in [-0.39, 0.29) is 41.9 Å². The fourth-order valence-corrected chi connectivity index (χ4v) is 6.74. The average Bonchev–Trinajstić information content (AvgIpc) is 3.43. The van der Waals surface area contributed by atoms with Crippen molar-refractivity contribution in [1.29, 1.82) is 0 Å². The molecular formula is C25H43FN4O3. The van der Waals surface area contributed by atoms with Crippen molar-refractivity contribution in [3.05, 3.63) is 0 Å². The van der Waals surface area contributed by atoms with E-state index in [9.17, 15) is 19.1 Å². The monoisotopic (exact) mass is 466 g/mol. The number of carbonyl (C=O) groups excluding carboxylic acids is 2. The Morgan fingerprint density at radius 3 is 2.61 bits per heavy atom. The first-order valence-electron chi connectivity index (χ1n) is 13.0. The second kappa shape index (κ2) is 9.78. The van der Waals surface area contributed by atoms with Crippen LogP contribution in [0.25, 0.3) is 0 Å². The predicted molar refractivity (Wildman–Crippen MR) is 125 cm³/mol. The molecule has 8 heteroatoms. The second-order valence-corrected chi connectivity index (χ2v) is 11.7. The summed E-state index contributed by atoms with van der Waals surface area (Å²) in [6, 6.07) is 0.495. The Bertz CT molecular complexity index is 711. The van der Waals surface area contributed by atoms with Crippen molar-refractivity contribution in [3.8, 4) is 0 Å². The minimum absolute atomic E-state index is 0.0317. The second-order valence-electron chi connectivity index (χ2n) is 11.7. The molecule has 2 heterocycles.